The van der Waals surface area contributed by atoms with Crippen molar-refractivity contribution in [1.82, 2.24) is 19.4 Å². The number of hydrogen-bond acceptors (Lipinski definition) is 5. The minimum absolute atomic E-state index is 0. The van der Waals surface area contributed by atoms with E-state index in [0.29, 0.717) is 13.1 Å². The zero-order valence-electron chi connectivity index (χ0n) is 19.4. The van der Waals surface area contributed by atoms with E-state index in [2.05, 4.69) is 17.0 Å². The van der Waals surface area contributed by atoms with Crippen molar-refractivity contribution in [3.05, 3.63) is 71.8 Å². The van der Waals surface area contributed by atoms with Gasteiger partial charge < -0.3 is 15.4 Å². The first-order chi connectivity index (χ1) is 16.7. The fourth-order valence-corrected chi connectivity index (χ4v) is 5.43. The second kappa shape index (κ2) is 11.0. The predicted octanol–water partition coefficient (Wildman–Crippen LogP) is 4.92. The standard InChI is InChI=1S/C27H31N5O2.CH4/c28-13-3-4-16-31(24-11-5-7-19-8-6-14-30-26(19)24)17-22-27-21(12-15-29-22)20-9-1-2-10-23(20)32(27)18-25(33)34;/h1-2,6,8-10,12,14-15,24H,3-5,7,11,13,16-18,28H2,(H,33,34);1H4/t24-;/m0./s1. The Balaban J connectivity index is 0.00000289. The lowest BCUT2D eigenvalue weighted by molar-refractivity contribution is -0.137. The van der Waals surface area contributed by atoms with Crippen molar-refractivity contribution in [3.63, 3.8) is 0 Å². The Morgan fingerprint density at radius 2 is 1.94 bits per heavy atom. The second-order valence-corrected chi connectivity index (χ2v) is 9.07. The molecule has 0 saturated heterocycles. The molecule has 7 nitrogen and oxygen atoms in total. The van der Waals surface area contributed by atoms with E-state index in [0.717, 1.165) is 66.1 Å². The van der Waals surface area contributed by atoms with Crippen LogP contribution in [0.15, 0.2) is 54.9 Å². The molecule has 0 bridgehead atoms. The summed E-state index contributed by atoms with van der Waals surface area (Å²) >= 11 is 0. The van der Waals surface area contributed by atoms with Gasteiger partial charge in [-0.1, -0.05) is 31.7 Å². The molecule has 0 unspecified atom stereocenters. The summed E-state index contributed by atoms with van der Waals surface area (Å²) < 4.78 is 1.90. The highest BCUT2D eigenvalue weighted by atomic mass is 16.4. The van der Waals surface area contributed by atoms with Crippen LogP contribution < -0.4 is 5.73 Å². The molecule has 7 heteroatoms. The normalized spacial score (nSPS) is 15.3. The molecule has 0 fully saturated rings. The summed E-state index contributed by atoms with van der Waals surface area (Å²) in [5, 5.41) is 11.8. The molecule has 1 atom stereocenters. The van der Waals surface area contributed by atoms with E-state index < -0.39 is 5.97 Å². The van der Waals surface area contributed by atoms with Gasteiger partial charge in [0, 0.05) is 35.2 Å². The maximum absolute atomic E-state index is 11.8. The van der Waals surface area contributed by atoms with Crippen molar-refractivity contribution in [1.29, 1.82) is 0 Å². The monoisotopic (exact) mass is 473 g/mol. The molecule has 0 saturated carbocycles. The number of fused-ring (bicyclic) bond motifs is 4. The fraction of sp³-hybridized carbons (Fsp3) is 0.393. The van der Waals surface area contributed by atoms with Gasteiger partial charge in [-0.15, -0.1) is 0 Å². The van der Waals surface area contributed by atoms with E-state index in [4.69, 9.17) is 15.7 Å². The lowest BCUT2D eigenvalue weighted by atomic mass is 9.90. The highest BCUT2D eigenvalue weighted by Gasteiger charge is 2.28. The fourth-order valence-electron chi connectivity index (χ4n) is 5.43. The number of carboxylic acid groups (broad SMARTS) is 1. The molecule has 184 valence electrons. The van der Waals surface area contributed by atoms with Crippen LogP contribution in [-0.4, -0.2) is 43.6 Å². The summed E-state index contributed by atoms with van der Waals surface area (Å²) in [5.74, 6) is -0.859. The minimum atomic E-state index is -0.859. The lowest BCUT2D eigenvalue weighted by Crippen LogP contribution is -2.33. The van der Waals surface area contributed by atoms with E-state index in [1.54, 1.807) is 0 Å². The summed E-state index contributed by atoms with van der Waals surface area (Å²) in [5.41, 5.74) is 11.0. The first-order valence-electron chi connectivity index (χ1n) is 12.1. The van der Waals surface area contributed by atoms with Crippen LogP contribution in [0.4, 0.5) is 0 Å². The van der Waals surface area contributed by atoms with Crippen LogP contribution in [0.25, 0.3) is 21.8 Å². The number of rotatable bonds is 9. The van der Waals surface area contributed by atoms with Gasteiger partial charge in [-0.3, -0.25) is 19.7 Å². The molecule has 0 radical (unpaired) electrons. The Morgan fingerprint density at radius 1 is 1.09 bits per heavy atom. The molecule has 0 amide bonds. The quantitative estimate of drug-likeness (QED) is 0.335. The third-order valence-corrected chi connectivity index (χ3v) is 6.91. The summed E-state index contributed by atoms with van der Waals surface area (Å²) in [6.45, 7) is 2.12. The van der Waals surface area contributed by atoms with Gasteiger partial charge in [-0.2, -0.15) is 0 Å². The number of aromatic nitrogens is 3. The second-order valence-electron chi connectivity index (χ2n) is 9.07. The van der Waals surface area contributed by atoms with Gasteiger partial charge in [0.1, 0.15) is 6.54 Å². The molecule has 3 heterocycles. The number of para-hydroxylation sites is 1. The number of pyridine rings is 2. The Hall–Kier alpha value is -3.29. The van der Waals surface area contributed by atoms with Crippen molar-refractivity contribution in [3.8, 4) is 0 Å². The Labute approximate surface area is 206 Å². The van der Waals surface area contributed by atoms with E-state index in [9.17, 15) is 9.90 Å². The van der Waals surface area contributed by atoms with Crippen LogP contribution in [0, 0.1) is 0 Å². The molecular weight excluding hydrogens is 438 g/mol. The molecule has 0 aliphatic heterocycles. The number of unbranched alkanes of at least 4 members (excludes halogenated alkanes) is 1. The highest BCUT2D eigenvalue weighted by Crippen LogP contribution is 2.36. The zero-order chi connectivity index (χ0) is 23.5. The average molecular weight is 474 g/mol. The van der Waals surface area contributed by atoms with Gasteiger partial charge in [-0.25, -0.2) is 0 Å². The molecule has 4 aromatic rings. The summed E-state index contributed by atoms with van der Waals surface area (Å²) in [6, 6.07) is 14.4. The van der Waals surface area contributed by atoms with Crippen LogP contribution in [0.5, 0.6) is 0 Å². The number of benzene rings is 1. The molecular formula is C28H35N5O2. The Bertz CT molecular complexity index is 1320. The summed E-state index contributed by atoms with van der Waals surface area (Å²) in [6.07, 6.45) is 8.96. The SMILES string of the molecule is C.NCCCCN(Cc1nccc2c3ccccc3n(CC(=O)O)c12)[C@H]1CCCc2cccnc21. The molecule has 1 aliphatic carbocycles. The van der Waals surface area contributed by atoms with Crippen LogP contribution in [-0.2, 0) is 24.3 Å². The van der Waals surface area contributed by atoms with Crippen LogP contribution in [0.1, 0.15) is 56.1 Å². The summed E-state index contributed by atoms with van der Waals surface area (Å²) in [7, 11) is 0. The number of nitrogens with zero attached hydrogens (tertiary/aromatic N) is 4. The largest absolute Gasteiger partial charge is 0.480 e. The van der Waals surface area contributed by atoms with Gasteiger partial charge in [0.15, 0.2) is 0 Å². The smallest absolute Gasteiger partial charge is 0.323 e. The first kappa shape index (κ1) is 24.8. The maximum atomic E-state index is 11.8. The van der Waals surface area contributed by atoms with Crippen LogP contribution in [0.3, 0.4) is 0 Å². The van der Waals surface area contributed by atoms with E-state index in [-0.39, 0.29) is 20.0 Å². The topological polar surface area (TPSA) is 97.3 Å². The van der Waals surface area contributed by atoms with Gasteiger partial charge in [0.2, 0.25) is 0 Å². The van der Waals surface area contributed by atoms with Gasteiger partial charge in [0.05, 0.1) is 22.9 Å². The van der Waals surface area contributed by atoms with Crippen molar-refractivity contribution >= 4 is 27.8 Å². The molecule has 5 rings (SSSR count). The number of hydrogen-bond donors (Lipinski definition) is 2. The number of aliphatic carboxylic acids is 1. The molecule has 0 spiro atoms. The van der Waals surface area contributed by atoms with Crippen molar-refractivity contribution in [2.75, 3.05) is 13.1 Å². The zero-order valence-corrected chi connectivity index (χ0v) is 19.4. The molecule has 1 aromatic carbocycles. The first-order valence-corrected chi connectivity index (χ1v) is 12.1. The van der Waals surface area contributed by atoms with E-state index >= 15 is 0 Å². The minimum Gasteiger partial charge on any atom is -0.480 e. The highest BCUT2D eigenvalue weighted by molar-refractivity contribution is 6.09. The van der Waals surface area contributed by atoms with Gasteiger partial charge >= 0.3 is 5.97 Å². The van der Waals surface area contributed by atoms with Crippen molar-refractivity contribution in [2.45, 2.75) is 58.7 Å². The summed E-state index contributed by atoms with van der Waals surface area (Å²) in [4.78, 5) is 23.8. The predicted molar refractivity (Wildman–Crippen MR) is 140 cm³/mol. The van der Waals surface area contributed by atoms with Gasteiger partial charge in [-0.05, 0) is 69.0 Å². The molecule has 3 aromatic heterocycles. The Kier molecular flexibility index (Phi) is 7.78. The average Bonchev–Trinajstić information content (AvgIpc) is 3.17. The third kappa shape index (κ3) is 4.92. The molecule has 35 heavy (non-hydrogen) atoms. The Morgan fingerprint density at radius 3 is 2.77 bits per heavy atom. The number of nitrogens with two attached hydrogens (primary N) is 1. The lowest BCUT2D eigenvalue weighted by Gasteiger charge is -2.35. The van der Waals surface area contributed by atoms with E-state index in [1.807, 2.05) is 47.3 Å². The van der Waals surface area contributed by atoms with Crippen LogP contribution in [0.2, 0.25) is 0 Å². The van der Waals surface area contributed by atoms with Gasteiger partial charge in [0.25, 0.3) is 0 Å². The number of aryl methyl sites for hydroxylation is 1. The third-order valence-electron chi connectivity index (χ3n) is 6.91. The molecule has 1 aliphatic rings. The number of carboxylic acids is 1. The van der Waals surface area contributed by atoms with Crippen molar-refractivity contribution in [2.24, 2.45) is 5.73 Å². The van der Waals surface area contributed by atoms with E-state index in [1.165, 1.54) is 11.3 Å². The van der Waals surface area contributed by atoms with Crippen LogP contribution >= 0.6 is 0 Å². The molecule has 3 N–H and O–H groups in total. The maximum Gasteiger partial charge on any atom is 0.323 e. The van der Waals surface area contributed by atoms with Crippen molar-refractivity contribution < 1.29 is 9.90 Å². The number of carbonyl (C=O) groups is 1.